The first-order valence-electron chi connectivity index (χ1n) is 14.7. The molecule has 0 spiro atoms. The van der Waals surface area contributed by atoms with Crippen molar-refractivity contribution in [3.05, 3.63) is 58.7 Å². The van der Waals surface area contributed by atoms with E-state index in [-0.39, 0.29) is 34.4 Å². The minimum Gasteiger partial charge on any atom is -0.352 e. The van der Waals surface area contributed by atoms with Crippen LogP contribution in [0.15, 0.2) is 41.8 Å². The first-order valence-corrected chi connectivity index (χ1v) is 14.7. The number of pyridine rings is 1. The van der Waals surface area contributed by atoms with Gasteiger partial charge in [0, 0.05) is 50.7 Å². The van der Waals surface area contributed by atoms with E-state index in [1.807, 2.05) is 9.80 Å². The number of amides is 1. The highest BCUT2D eigenvalue weighted by atomic mass is 19.4. The molecule has 1 amide bonds. The highest BCUT2D eigenvalue weighted by Crippen LogP contribution is 2.37. The minimum atomic E-state index is -4.87. The SMILES string of the molecule is C=CC(=O)N1CCN(c2nc(N3CC(N(CC)CC)C3)nc3c(=O)n(-c4c(C)ccc5[nH]ncc45)c(C(F)(F)F)cc23)CC1. The molecule has 232 valence electrons. The number of alkyl halides is 3. The van der Waals surface area contributed by atoms with Crippen LogP contribution in [0.2, 0.25) is 0 Å². The van der Waals surface area contributed by atoms with E-state index in [4.69, 9.17) is 4.98 Å². The van der Waals surface area contributed by atoms with E-state index in [2.05, 4.69) is 40.5 Å². The summed E-state index contributed by atoms with van der Waals surface area (Å²) in [5.74, 6) is 0.323. The van der Waals surface area contributed by atoms with Gasteiger partial charge in [-0.3, -0.25) is 24.2 Å². The highest BCUT2D eigenvalue weighted by molar-refractivity contribution is 5.93. The molecule has 44 heavy (non-hydrogen) atoms. The lowest BCUT2D eigenvalue weighted by atomic mass is 10.1. The number of aromatic nitrogens is 5. The zero-order chi connectivity index (χ0) is 31.3. The van der Waals surface area contributed by atoms with Gasteiger partial charge in [-0.1, -0.05) is 26.5 Å². The van der Waals surface area contributed by atoms with E-state index in [0.717, 1.165) is 19.2 Å². The molecule has 1 aromatic carbocycles. The summed E-state index contributed by atoms with van der Waals surface area (Å²) in [5.41, 5.74) is -1.04. The standard InChI is InChI=1S/C30H34F3N9O2/c1-5-24(43)39-10-12-40(13-11-39)27-20-14-23(30(31,32)33)42(26-18(4)8-9-22-21(26)15-34-37-22)28(44)25(20)35-29(36-27)41-16-19(17-41)38(6-2)7-3/h5,8-9,14-15,19H,1,6-7,10-13,16-17H2,2-4H3,(H,34,37). The van der Waals surface area contributed by atoms with Crippen LogP contribution in [0, 0.1) is 6.92 Å². The van der Waals surface area contributed by atoms with Crippen LogP contribution in [-0.4, -0.2) is 98.8 Å². The molecule has 2 aliphatic heterocycles. The Morgan fingerprint density at radius 1 is 1.09 bits per heavy atom. The van der Waals surface area contributed by atoms with Gasteiger partial charge in [0.1, 0.15) is 17.0 Å². The number of likely N-dealkylation sites (N-methyl/N-ethyl adjacent to an activating group) is 1. The fourth-order valence-electron chi connectivity index (χ4n) is 6.24. The zero-order valence-corrected chi connectivity index (χ0v) is 24.9. The lowest BCUT2D eigenvalue weighted by Gasteiger charge is -2.45. The number of anilines is 2. The van der Waals surface area contributed by atoms with E-state index < -0.39 is 17.4 Å². The van der Waals surface area contributed by atoms with Crippen LogP contribution in [0.5, 0.6) is 0 Å². The molecule has 2 saturated heterocycles. The van der Waals surface area contributed by atoms with Crippen molar-refractivity contribution >= 4 is 39.5 Å². The van der Waals surface area contributed by atoms with Gasteiger partial charge in [-0.05, 0) is 43.8 Å². The average Bonchev–Trinajstić information content (AvgIpc) is 3.47. The Bertz CT molecular complexity index is 1800. The van der Waals surface area contributed by atoms with Gasteiger partial charge in [-0.15, -0.1) is 0 Å². The summed E-state index contributed by atoms with van der Waals surface area (Å²) in [6, 6.07) is 4.63. The first-order chi connectivity index (χ1) is 21.0. The molecule has 4 aromatic rings. The third-order valence-corrected chi connectivity index (χ3v) is 8.69. The van der Waals surface area contributed by atoms with E-state index >= 15 is 0 Å². The number of nitrogens with one attached hydrogen (secondary N) is 1. The van der Waals surface area contributed by atoms with Gasteiger partial charge in [0.25, 0.3) is 5.56 Å². The second-order valence-corrected chi connectivity index (χ2v) is 11.1. The summed E-state index contributed by atoms with van der Waals surface area (Å²) in [6.07, 6.45) is -2.21. The number of H-pyrrole nitrogens is 1. The van der Waals surface area contributed by atoms with Gasteiger partial charge in [-0.25, -0.2) is 4.98 Å². The van der Waals surface area contributed by atoms with Crippen LogP contribution >= 0.6 is 0 Å². The molecule has 3 aromatic heterocycles. The molecule has 5 heterocycles. The summed E-state index contributed by atoms with van der Waals surface area (Å²) in [6.45, 7) is 13.8. The summed E-state index contributed by atoms with van der Waals surface area (Å²) in [5, 5.41) is 7.19. The van der Waals surface area contributed by atoms with Crippen molar-refractivity contribution in [2.75, 3.05) is 62.2 Å². The van der Waals surface area contributed by atoms with Crippen LogP contribution in [-0.2, 0) is 11.0 Å². The summed E-state index contributed by atoms with van der Waals surface area (Å²) in [7, 11) is 0. The minimum absolute atomic E-state index is 0.0173. The molecule has 0 atom stereocenters. The molecule has 0 saturated carbocycles. The van der Waals surface area contributed by atoms with Crippen LogP contribution in [0.25, 0.3) is 27.5 Å². The smallest absolute Gasteiger partial charge is 0.352 e. The Hall–Kier alpha value is -4.46. The van der Waals surface area contributed by atoms with Crippen LogP contribution in [0.3, 0.4) is 0 Å². The number of hydrogen-bond acceptors (Lipinski definition) is 8. The van der Waals surface area contributed by atoms with Gasteiger partial charge < -0.3 is 14.7 Å². The summed E-state index contributed by atoms with van der Waals surface area (Å²) < 4.78 is 45.1. The molecule has 1 N–H and O–H groups in total. The number of nitrogens with zero attached hydrogens (tertiary/aromatic N) is 8. The van der Waals surface area contributed by atoms with E-state index in [1.165, 1.54) is 12.3 Å². The lowest BCUT2D eigenvalue weighted by molar-refractivity contribution is -0.142. The molecule has 11 nitrogen and oxygen atoms in total. The molecule has 0 radical (unpaired) electrons. The Kier molecular flexibility index (Phi) is 7.56. The van der Waals surface area contributed by atoms with Crippen molar-refractivity contribution in [1.82, 2.24) is 34.5 Å². The molecule has 0 unspecified atom stereocenters. The van der Waals surface area contributed by atoms with E-state index in [0.29, 0.717) is 66.3 Å². The van der Waals surface area contributed by atoms with Crippen molar-refractivity contribution in [2.45, 2.75) is 33.0 Å². The normalized spacial score (nSPS) is 16.3. The third kappa shape index (κ3) is 4.96. The lowest BCUT2D eigenvalue weighted by Crippen LogP contribution is -2.60. The Balaban J connectivity index is 1.56. The second kappa shape index (κ2) is 11.2. The van der Waals surface area contributed by atoms with Crippen LogP contribution < -0.4 is 15.4 Å². The van der Waals surface area contributed by atoms with Crippen molar-refractivity contribution in [3.8, 4) is 5.69 Å². The predicted molar refractivity (Wildman–Crippen MR) is 162 cm³/mol. The monoisotopic (exact) mass is 609 g/mol. The Morgan fingerprint density at radius 3 is 2.43 bits per heavy atom. The molecule has 0 aliphatic carbocycles. The first kappa shape index (κ1) is 29.6. The number of carbonyl (C=O) groups excluding carboxylic acids is 1. The molecule has 2 aliphatic rings. The molecule has 14 heteroatoms. The number of fused-ring (bicyclic) bond motifs is 2. The second-order valence-electron chi connectivity index (χ2n) is 11.1. The topological polar surface area (TPSA) is 106 Å². The fraction of sp³-hybridized carbons (Fsp3) is 0.433. The number of piperazine rings is 1. The van der Waals surface area contributed by atoms with Crippen LogP contribution in [0.1, 0.15) is 25.1 Å². The fourth-order valence-corrected chi connectivity index (χ4v) is 6.24. The number of halogens is 3. The van der Waals surface area contributed by atoms with E-state index in [9.17, 15) is 22.8 Å². The summed E-state index contributed by atoms with van der Waals surface area (Å²) in [4.78, 5) is 43.6. The number of carbonyl (C=O) groups is 1. The van der Waals surface area contributed by atoms with Gasteiger partial charge in [-0.2, -0.15) is 23.3 Å². The maximum absolute atomic E-state index is 14.8. The number of aromatic amines is 1. The van der Waals surface area contributed by atoms with Crippen molar-refractivity contribution in [3.63, 3.8) is 0 Å². The van der Waals surface area contributed by atoms with E-state index in [1.54, 1.807) is 24.0 Å². The maximum atomic E-state index is 14.8. The Morgan fingerprint density at radius 2 is 1.80 bits per heavy atom. The maximum Gasteiger partial charge on any atom is 0.431 e. The largest absolute Gasteiger partial charge is 0.431 e. The third-order valence-electron chi connectivity index (χ3n) is 8.69. The quantitative estimate of drug-likeness (QED) is 0.318. The van der Waals surface area contributed by atoms with Crippen molar-refractivity contribution < 1.29 is 18.0 Å². The van der Waals surface area contributed by atoms with Gasteiger partial charge >= 0.3 is 6.18 Å². The number of benzene rings is 1. The van der Waals surface area contributed by atoms with Crippen LogP contribution in [0.4, 0.5) is 24.9 Å². The van der Waals surface area contributed by atoms with Crippen molar-refractivity contribution in [2.24, 2.45) is 0 Å². The number of hydrogen-bond donors (Lipinski definition) is 1. The van der Waals surface area contributed by atoms with Gasteiger partial charge in [0.2, 0.25) is 11.9 Å². The molecule has 0 bridgehead atoms. The Labute approximate surface area is 251 Å². The molecule has 6 rings (SSSR count). The van der Waals surface area contributed by atoms with Gasteiger partial charge in [0.15, 0.2) is 0 Å². The summed E-state index contributed by atoms with van der Waals surface area (Å²) >= 11 is 0. The van der Waals surface area contributed by atoms with Crippen molar-refractivity contribution in [1.29, 1.82) is 0 Å². The number of aryl methyl sites for hydroxylation is 1. The zero-order valence-electron chi connectivity index (χ0n) is 24.9. The molecular weight excluding hydrogens is 575 g/mol. The predicted octanol–water partition coefficient (Wildman–Crippen LogP) is 3.35. The molecular formula is C30H34F3N9O2. The average molecular weight is 610 g/mol. The highest BCUT2D eigenvalue weighted by Gasteiger charge is 2.39. The number of rotatable bonds is 7. The molecule has 2 fully saturated rings. The van der Waals surface area contributed by atoms with Gasteiger partial charge in [0.05, 0.1) is 22.8 Å².